The van der Waals surface area contributed by atoms with Crippen molar-refractivity contribution in [3.63, 3.8) is 0 Å². The van der Waals surface area contributed by atoms with Gasteiger partial charge in [0, 0.05) is 17.5 Å². The van der Waals surface area contributed by atoms with E-state index in [2.05, 4.69) is 20.1 Å². The van der Waals surface area contributed by atoms with Crippen molar-refractivity contribution in [1.29, 1.82) is 0 Å². The number of nitrogen functional groups attached to an aromatic ring is 2. The largest absolute Gasteiger partial charge is 0.452 e. The van der Waals surface area contributed by atoms with Crippen molar-refractivity contribution in [3.05, 3.63) is 94.3 Å². The molecule has 0 fully saturated rings. The van der Waals surface area contributed by atoms with Gasteiger partial charge in [-0.1, -0.05) is 41.9 Å². The van der Waals surface area contributed by atoms with Gasteiger partial charge in [-0.3, -0.25) is 4.90 Å². The quantitative estimate of drug-likeness (QED) is 0.286. The van der Waals surface area contributed by atoms with Crippen LogP contribution < -0.4 is 16.4 Å². The molecule has 0 radical (unpaired) electrons. The van der Waals surface area contributed by atoms with Crippen LogP contribution in [0.1, 0.15) is 29.8 Å². The van der Waals surface area contributed by atoms with Crippen LogP contribution in [0.25, 0.3) is 17.0 Å². The number of carbonyl (C=O) groups is 1. The number of anilines is 3. The Morgan fingerprint density at radius 2 is 1.82 bits per heavy atom. The molecule has 13 heteroatoms. The summed E-state index contributed by atoms with van der Waals surface area (Å²) in [6, 6.07) is 13.7. The Bertz CT molecular complexity index is 1720. The molecule has 1 atom stereocenters. The zero-order valence-electron chi connectivity index (χ0n) is 21.3. The molecule has 0 saturated heterocycles. The number of nitrogens with zero attached hydrogens (tertiary/aromatic N) is 6. The molecule has 0 spiro atoms. The van der Waals surface area contributed by atoms with Crippen LogP contribution in [0.15, 0.2) is 60.8 Å². The minimum Gasteiger partial charge on any atom is -0.452 e. The first-order chi connectivity index (χ1) is 19.2. The van der Waals surface area contributed by atoms with Crippen LogP contribution in [0.5, 0.6) is 0 Å². The molecule has 0 bridgehead atoms. The van der Waals surface area contributed by atoms with E-state index in [9.17, 15) is 13.6 Å². The smallest absolute Gasteiger partial charge is 0.414 e. The third-order valence-corrected chi connectivity index (χ3v) is 6.55. The predicted molar refractivity (Wildman–Crippen MR) is 147 cm³/mol. The summed E-state index contributed by atoms with van der Waals surface area (Å²) in [5.74, 6) is -1.47. The number of ether oxygens (including phenoxy) is 1. The lowest BCUT2D eigenvalue weighted by molar-refractivity contribution is 0.176. The number of hydrogen-bond donors (Lipinski definition) is 2. The highest BCUT2D eigenvalue weighted by Gasteiger charge is 2.30. The SMILES string of the molecule is COC(=O)N(c1c(N)nc(-n2nc(Cc3ccccc3F)c3ncc(F)cc32)nc1N)C(C)c1cccc(Cl)c1. The topological polar surface area (TPSA) is 138 Å². The maximum Gasteiger partial charge on any atom is 0.414 e. The summed E-state index contributed by atoms with van der Waals surface area (Å²) in [4.78, 5) is 27.0. The summed E-state index contributed by atoms with van der Waals surface area (Å²) >= 11 is 6.15. The standard InChI is InChI=1S/C27H23ClF2N8O2/c1-14(15-7-5-8-17(28)10-15)37(27(39)40-2)23-24(31)34-26(35-25(23)32)38-21-12-18(29)13-33-22(21)20(36-38)11-16-6-3-4-9-19(16)30/h3-10,12-14H,11H2,1-2H3,(H4,31,32,34,35). The number of aromatic nitrogens is 5. The van der Waals surface area contributed by atoms with Gasteiger partial charge in [-0.05, 0) is 36.2 Å². The lowest BCUT2D eigenvalue weighted by Crippen LogP contribution is -2.35. The van der Waals surface area contributed by atoms with Gasteiger partial charge < -0.3 is 16.2 Å². The lowest BCUT2D eigenvalue weighted by atomic mass is 10.1. The second kappa shape index (κ2) is 10.7. The molecule has 4 N–H and O–H groups in total. The highest BCUT2D eigenvalue weighted by molar-refractivity contribution is 6.30. The molecule has 0 aliphatic rings. The van der Waals surface area contributed by atoms with Crippen molar-refractivity contribution in [2.75, 3.05) is 23.5 Å². The van der Waals surface area contributed by atoms with E-state index in [-0.39, 0.29) is 35.2 Å². The summed E-state index contributed by atoms with van der Waals surface area (Å²) in [6.45, 7) is 1.74. The molecule has 0 aliphatic heterocycles. The fraction of sp³-hybridized carbons (Fsp3) is 0.148. The Balaban J connectivity index is 1.62. The monoisotopic (exact) mass is 564 g/mol. The van der Waals surface area contributed by atoms with Crippen LogP contribution >= 0.6 is 11.6 Å². The van der Waals surface area contributed by atoms with Gasteiger partial charge in [-0.15, -0.1) is 0 Å². The van der Waals surface area contributed by atoms with Crippen LogP contribution in [-0.2, 0) is 11.2 Å². The second-order valence-corrected chi connectivity index (χ2v) is 9.30. The average molecular weight is 565 g/mol. The van der Waals surface area contributed by atoms with Crippen LogP contribution in [0.2, 0.25) is 5.02 Å². The van der Waals surface area contributed by atoms with Crippen molar-refractivity contribution in [2.45, 2.75) is 19.4 Å². The van der Waals surface area contributed by atoms with Crippen LogP contribution in [-0.4, -0.2) is 37.9 Å². The molecule has 3 aromatic heterocycles. The molecule has 40 heavy (non-hydrogen) atoms. The number of hydrogen-bond acceptors (Lipinski definition) is 8. The maximum atomic E-state index is 14.4. The lowest BCUT2D eigenvalue weighted by Gasteiger charge is -2.29. The number of methoxy groups -OCH3 is 1. The summed E-state index contributed by atoms with van der Waals surface area (Å²) < 4.78 is 34.8. The van der Waals surface area contributed by atoms with E-state index in [0.29, 0.717) is 27.4 Å². The van der Waals surface area contributed by atoms with Gasteiger partial charge in [0.1, 0.15) is 22.8 Å². The molecule has 5 aromatic rings. The van der Waals surface area contributed by atoms with E-state index >= 15 is 0 Å². The van der Waals surface area contributed by atoms with Gasteiger partial charge in [0.15, 0.2) is 11.6 Å². The number of halogens is 3. The number of fused-ring (bicyclic) bond motifs is 1. The van der Waals surface area contributed by atoms with Crippen molar-refractivity contribution < 1.29 is 18.3 Å². The Labute approximate surface area is 232 Å². The van der Waals surface area contributed by atoms with E-state index < -0.39 is 23.8 Å². The van der Waals surface area contributed by atoms with Crippen LogP contribution in [0.4, 0.5) is 30.9 Å². The molecule has 1 amide bonds. The Kier molecular flexibility index (Phi) is 7.18. The van der Waals surface area contributed by atoms with E-state index in [0.717, 1.165) is 6.20 Å². The minimum atomic E-state index is -0.759. The molecule has 10 nitrogen and oxygen atoms in total. The average Bonchev–Trinajstić information content (AvgIpc) is 3.28. The predicted octanol–water partition coefficient (Wildman–Crippen LogP) is 5.23. The third-order valence-electron chi connectivity index (χ3n) is 6.32. The number of benzene rings is 2. The summed E-state index contributed by atoms with van der Waals surface area (Å²) in [7, 11) is 1.22. The number of nitrogens with two attached hydrogens (primary N) is 2. The van der Waals surface area contributed by atoms with Gasteiger partial charge in [0.2, 0.25) is 0 Å². The number of pyridine rings is 1. The molecule has 0 aliphatic carbocycles. The first kappa shape index (κ1) is 26.8. The van der Waals surface area contributed by atoms with Crippen LogP contribution in [0, 0.1) is 11.6 Å². The van der Waals surface area contributed by atoms with Crippen molar-refractivity contribution in [2.24, 2.45) is 0 Å². The second-order valence-electron chi connectivity index (χ2n) is 8.86. The number of rotatable bonds is 6. The Hall–Kier alpha value is -4.84. The van der Waals surface area contributed by atoms with E-state index in [1.165, 1.54) is 28.8 Å². The normalized spacial score (nSPS) is 11.9. The molecule has 0 saturated carbocycles. The van der Waals surface area contributed by atoms with E-state index in [4.69, 9.17) is 27.8 Å². The van der Waals surface area contributed by atoms with Gasteiger partial charge in [-0.2, -0.15) is 19.7 Å². The first-order valence-electron chi connectivity index (χ1n) is 12.0. The zero-order valence-corrected chi connectivity index (χ0v) is 22.1. The number of amides is 1. The first-order valence-corrected chi connectivity index (χ1v) is 12.4. The van der Waals surface area contributed by atoms with Gasteiger partial charge in [0.25, 0.3) is 5.95 Å². The zero-order chi connectivity index (χ0) is 28.6. The fourth-order valence-electron chi connectivity index (χ4n) is 4.40. The highest BCUT2D eigenvalue weighted by Crippen LogP contribution is 2.36. The van der Waals surface area contributed by atoms with E-state index in [1.807, 2.05) is 0 Å². The molecule has 3 heterocycles. The van der Waals surface area contributed by atoms with Crippen molar-refractivity contribution in [3.8, 4) is 5.95 Å². The summed E-state index contributed by atoms with van der Waals surface area (Å²) in [6.07, 6.45) is 0.354. The Morgan fingerprint density at radius 1 is 1.10 bits per heavy atom. The van der Waals surface area contributed by atoms with Crippen molar-refractivity contribution >= 4 is 46.1 Å². The van der Waals surface area contributed by atoms with E-state index in [1.54, 1.807) is 49.4 Å². The molecular weight excluding hydrogens is 542 g/mol. The van der Waals surface area contributed by atoms with Gasteiger partial charge >= 0.3 is 6.09 Å². The molecule has 5 rings (SSSR count). The van der Waals surface area contributed by atoms with Crippen molar-refractivity contribution in [1.82, 2.24) is 24.7 Å². The summed E-state index contributed by atoms with van der Waals surface area (Å²) in [5.41, 5.74) is 14.6. The minimum absolute atomic E-state index is 0.00965. The maximum absolute atomic E-state index is 14.4. The molecule has 2 aromatic carbocycles. The van der Waals surface area contributed by atoms with Crippen LogP contribution in [0.3, 0.4) is 0 Å². The number of carbonyl (C=O) groups excluding carboxylic acids is 1. The molecular formula is C27H23ClF2N8O2. The Morgan fingerprint density at radius 3 is 2.50 bits per heavy atom. The van der Waals surface area contributed by atoms with Gasteiger partial charge in [-0.25, -0.2) is 18.6 Å². The third kappa shape index (κ3) is 4.96. The fourth-order valence-corrected chi connectivity index (χ4v) is 4.60. The molecule has 1 unspecified atom stereocenters. The van der Waals surface area contributed by atoms with Gasteiger partial charge in [0.05, 0.1) is 30.6 Å². The summed E-state index contributed by atoms with van der Waals surface area (Å²) in [5, 5.41) is 4.97. The highest BCUT2D eigenvalue weighted by atomic mass is 35.5. The molecule has 204 valence electrons.